The van der Waals surface area contributed by atoms with Gasteiger partial charge in [0.25, 0.3) is 0 Å². The number of carboxylic acid groups (broad SMARTS) is 1. The third kappa shape index (κ3) is 1.67. The molecule has 0 fully saturated rings. The Labute approximate surface area is 99.4 Å². The van der Waals surface area contributed by atoms with Gasteiger partial charge >= 0.3 is 5.97 Å². The van der Waals surface area contributed by atoms with E-state index >= 15 is 0 Å². The van der Waals surface area contributed by atoms with Crippen molar-refractivity contribution >= 4 is 39.5 Å². The molecule has 0 radical (unpaired) electrons. The number of benzene rings is 1. The fourth-order valence-corrected chi connectivity index (χ4v) is 2.25. The molecule has 2 rings (SSSR count). The number of H-pyrrole nitrogens is 1. The van der Waals surface area contributed by atoms with Crippen molar-refractivity contribution in [2.24, 2.45) is 0 Å². The summed E-state index contributed by atoms with van der Waals surface area (Å²) in [6.45, 7) is 0. The summed E-state index contributed by atoms with van der Waals surface area (Å²) in [5, 5.41) is 9.82. The monoisotopic (exact) mass is 317 g/mol. The average Bonchev–Trinajstić information content (AvgIpc) is 2.55. The van der Waals surface area contributed by atoms with Gasteiger partial charge in [0.2, 0.25) is 0 Å². The normalized spacial score (nSPS) is 10.5. The molecule has 0 aliphatic rings. The zero-order chi connectivity index (χ0) is 11.0. The third-order valence-electron chi connectivity index (χ3n) is 2.16. The number of methoxy groups -OCH3 is 1. The maximum atomic E-state index is 10.9. The van der Waals surface area contributed by atoms with Crippen LogP contribution >= 0.6 is 22.6 Å². The van der Waals surface area contributed by atoms with Crippen LogP contribution in [0.25, 0.3) is 10.9 Å². The number of aromatic carboxylic acids is 1. The van der Waals surface area contributed by atoms with Gasteiger partial charge in [-0.05, 0) is 34.7 Å². The molecular weight excluding hydrogens is 309 g/mol. The molecule has 1 aromatic heterocycles. The van der Waals surface area contributed by atoms with E-state index in [2.05, 4.69) is 4.98 Å². The second-order valence-electron chi connectivity index (χ2n) is 3.03. The number of carboxylic acids is 1. The lowest BCUT2D eigenvalue weighted by Gasteiger charge is -1.97. The first-order valence-corrected chi connectivity index (χ1v) is 5.30. The molecule has 0 saturated carbocycles. The third-order valence-corrected chi connectivity index (χ3v) is 3.28. The molecule has 15 heavy (non-hydrogen) atoms. The highest BCUT2D eigenvalue weighted by Gasteiger charge is 2.14. The van der Waals surface area contributed by atoms with E-state index in [0.717, 1.165) is 14.5 Å². The average molecular weight is 317 g/mol. The number of hydrogen-bond acceptors (Lipinski definition) is 2. The largest absolute Gasteiger partial charge is 0.497 e. The van der Waals surface area contributed by atoms with E-state index in [1.165, 1.54) is 0 Å². The summed E-state index contributed by atoms with van der Waals surface area (Å²) in [6, 6.07) is 5.44. The Kier molecular flexibility index (Phi) is 2.56. The van der Waals surface area contributed by atoms with E-state index in [1.807, 2.05) is 34.7 Å². The Morgan fingerprint density at radius 3 is 2.87 bits per heavy atom. The molecule has 0 spiro atoms. The van der Waals surface area contributed by atoms with E-state index in [0.29, 0.717) is 5.75 Å². The van der Waals surface area contributed by atoms with Gasteiger partial charge in [0.05, 0.1) is 16.2 Å². The first-order valence-electron chi connectivity index (χ1n) is 4.22. The summed E-state index contributed by atoms with van der Waals surface area (Å²) in [6.07, 6.45) is 0. The molecule has 0 aliphatic heterocycles. The number of nitrogens with one attached hydrogen (secondary N) is 1. The minimum Gasteiger partial charge on any atom is -0.497 e. The predicted molar refractivity (Wildman–Crippen MR) is 64.5 cm³/mol. The number of rotatable bonds is 2. The van der Waals surface area contributed by atoms with Crippen LogP contribution in [0.2, 0.25) is 0 Å². The SMILES string of the molecule is COc1ccc2c(I)c(C(=O)O)[nH]c2c1. The first kappa shape index (κ1) is 10.3. The zero-order valence-electron chi connectivity index (χ0n) is 7.87. The smallest absolute Gasteiger partial charge is 0.353 e. The highest BCUT2D eigenvalue weighted by molar-refractivity contribution is 14.1. The summed E-state index contributed by atoms with van der Waals surface area (Å²) in [4.78, 5) is 13.7. The Morgan fingerprint density at radius 2 is 2.27 bits per heavy atom. The van der Waals surface area contributed by atoms with Gasteiger partial charge in [-0.15, -0.1) is 0 Å². The minimum absolute atomic E-state index is 0.221. The number of carbonyl (C=O) groups is 1. The van der Waals surface area contributed by atoms with Crippen molar-refractivity contribution in [2.75, 3.05) is 7.11 Å². The number of aromatic nitrogens is 1. The second kappa shape index (κ2) is 3.73. The maximum Gasteiger partial charge on any atom is 0.353 e. The summed E-state index contributed by atoms with van der Waals surface area (Å²) in [5.74, 6) is -0.244. The number of fused-ring (bicyclic) bond motifs is 1. The van der Waals surface area contributed by atoms with Crippen molar-refractivity contribution in [3.05, 3.63) is 27.5 Å². The van der Waals surface area contributed by atoms with Crippen LogP contribution in [0.4, 0.5) is 0 Å². The van der Waals surface area contributed by atoms with Crippen LogP contribution in [0.1, 0.15) is 10.5 Å². The first-order chi connectivity index (χ1) is 7.13. The Balaban J connectivity index is 2.70. The molecule has 5 heteroatoms. The van der Waals surface area contributed by atoms with Crippen molar-refractivity contribution in [3.63, 3.8) is 0 Å². The molecule has 78 valence electrons. The van der Waals surface area contributed by atoms with Crippen LogP contribution in [0, 0.1) is 3.57 Å². The lowest BCUT2D eigenvalue weighted by molar-refractivity contribution is 0.0690. The van der Waals surface area contributed by atoms with Gasteiger partial charge in [-0.25, -0.2) is 4.79 Å². The molecule has 0 amide bonds. The quantitative estimate of drug-likeness (QED) is 0.837. The summed E-state index contributed by atoms with van der Waals surface area (Å²) >= 11 is 2.02. The van der Waals surface area contributed by atoms with E-state index in [4.69, 9.17) is 9.84 Å². The van der Waals surface area contributed by atoms with Gasteiger partial charge < -0.3 is 14.8 Å². The second-order valence-corrected chi connectivity index (χ2v) is 4.11. The molecule has 0 atom stereocenters. The van der Waals surface area contributed by atoms with Gasteiger partial charge in [0.15, 0.2) is 0 Å². The highest BCUT2D eigenvalue weighted by Crippen LogP contribution is 2.27. The maximum absolute atomic E-state index is 10.9. The van der Waals surface area contributed by atoms with Crippen molar-refractivity contribution < 1.29 is 14.6 Å². The van der Waals surface area contributed by atoms with Gasteiger partial charge in [-0.3, -0.25) is 0 Å². The number of hydrogen-bond donors (Lipinski definition) is 2. The number of halogens is 1. The fourth-order valence-electron chi connectivity index (χ4n) is 1.42. The number of ether oxygens (including phenoxy) is 1. The Hall–Kier alpha value is -1.24. The van der Waals surface area contributed by atoms with E-state index in [9.17, 15) is 4.79 Å². The van der Waals surface area contributed by atoms with Crippen LogP contribution in [0.3, 0.4) is 0 Å². The summed E-state index contributed by atoms with van der Waals surface area (Å²) < 4.78 is 5.78. The molecule has 0 unspecified atom stereocenters. The van der Waals surface area contributed by atoms with Crippen molar-refractivity contribution in [1.29, 1.82) is 0 Å². The fraction of sp³-hybridized carbons (Fsp3) is 0.100. The lowest BCUT2D eigenvalue weighted by Crippen LogP contribution is -1.97. The van der Waals surface area contributed by atoms with Crippen molar-refractivity contribution in [1.82, 2.24) is 4.98 Å². The summed E-state index contributed by atoms with van der Waals surface area (Å²) in [7, 11) is 1.58. The molecular formula is C10H8INO3. The van der Waals surface area contributed by atoms with Gasteiger partial charge in [0, 0.05) is 11.5 Å². The van der Waals surface area contributed by atoms with E-state index in [-0.39, 0.29) is 5.69 Å². The molecule has 4 nitrogen and oxygen atoms in total. The lowest BCUT2D eigenvalue weighted by atomic mass is 10.2. The summed E-state index contributed by atoms with van der Waals surface area (Å²) in [5.41, 5.74) is 0.995. The molecule has 2 aromatic rings. The molecule has 1 aromatic carbocycles. The van der Waals surface area contributed by atoms with Crippen molar-refractivity contribution in [2.45, 2.75) is 0 Å². The highest BCUT2D eigenvalue weighted by atomic mass is 127. The van der Waals surface area contributed by atoms with Gasteiger partial charge in [-0.1, -0.05) is 0 Å². The van der Waals surface area contributed by atoms with Crippen LogP contribution in [0.15, 0.2) is 18.2 Å². The molecule has 0 saturated heterocycles. The number of aromatic amines is 1. The predicted octanol–water partition coefficient (Wildman–Crippen LogP) is 2.48. The molecule has 1 heterocycles. The zero-order valence-corrected chi connectivity index (χ0v) is 10.0. The van der Waals surface area contributed by atoms with Crippen molar-refractivity contribution in [3.8, 4) is 5.75 Å². The standard InChI is InChI=1S/C10H8INO3/c1-15-5-2-3-6-7(4-5)12-9(8(6)11)10(13)14/h2-4,12H,1H3,(H,13,14). The van der Waals surface area contributed by atoms with E-state index < -0.39 is 5.97 Å². The van der Waals surface area contributed by atoms with Crippen LogP contribution in [0.5, 0.6) is 5.75 Å². The van der Waals surface area contributed by atoms with Crippen LogP contribution in [-0.2, 0) is 0 Å². The Bertz CT molecular complexity index is 533. The molecule has 0 aliphatic carbocycles. The Morgan fingerprint density at radius 1 is 1.53 bits per heavy atom. The topological polar surface area (TPSA) is 62.3 Å². The van der Waals surface area contributed by atoms with Gasteiger partial charge in [0.1, 0.15) is 11.4 Å². The van der Waals surface area contributed by atoms with Gasteiger partial charge in [-0.2, -0.15) is 0 Å². The minimum atomic E-state index is -0.949. The molecule has 2 N–H and O–H groups in total. The molecule has 0 bridgehead atoms. The van der Waals surface area contributed by atoms with E-state index in [1.54, 1.807) is 13.2 Å². The van der Waals surface area contributed by atoms with Crippen LogP contribution < -0.4 is 4.74 Å². The van der Waals surface area contributed by atoms with Crippen LogP contribution in [-0.4, -0.2) is 23.2 Å².